The highest BCUT2D eigenvalue weighted by molar-refractivity contribution is 7.17. The molecule has 130 valence electrons. The number of benzene rings is 2. The van der Waals surface area contributed by atoms with Crippen molar-refractivity contribution in [2.75, 3.05) is 6.61 Å². The van der Waals surface area contributed by atoms with Crippen LogP contribution in [0.3, 0.4) is 0 Å². The molecule has 0 unspecified atom stereocenters. The van der Waals surface area contributed by atoms with Crippen LogP contribution in [0.5, 0.6) is 5.75 Å². The number of halogens is 1. The van der Waals surface area contributed by atoms with Crippen LogP contribution in [0.4, 0.5) is 4.39 Å². The fraction of sp³-hybridized carbons (Fsp3) is 0.100. The van der Waals surface area contributed by atoms with E-state index < -0.39 is 24.2 Å². The van der Waals surface area contributed by atoms with Crippen LogP contribution < -0.4 is 4.74 Å². The molecule has 0 N–H and O–H groups in total. The zero-order chi connectivity index (χ0) is 18.1. The Bertz CT molecular complexity index is 1010. The smallest absolute Gasteiger partial charge is 0.348 e. The molecule has 2 heterocycles. The number of ketones is 1. The van der Waals surface area contributed by atoms with Gasteiger partial charge in [-0.25, -0.2) is 9.18 Å². The molecule has 1 aliphatic heterocycles. The summed E-state index contributed by atoms with van der Waals surface area (Å²) in [5.74, 6) is -0.755. The molecule has 0 amide bonds. The van der Waals surface area contributed by atoms with Gasteiger partial charge in [-0.2, -0.15) is 0 Å². The first kappa shape index (κ1) is 16.5. The molecule has 3 aromatic rings. The Hall–Kier alpha value is -2.99. The van der Waals surface area contributed by atoms with Gasteiger partial charge in [0.2, 0.25) is 0 Å². The van der Waals surface area contributed by atoms with E-state index in [0.29, 0.717) is 11.5 Å². The number of carbonyl (C=O) groups is 2. The Kier molecular flexibility index (Phi) is 4.26. The van der Waals surface area contributed by atoms with Gasteiger partial charge in [0.1, 0.15) is 23.1 Å². The third-order valence-corrected chi connectivity index (χ3v) is 5.20. The minimum atomic E-state index is -0.577. The summed E-state index contributed by atoms with van der Waals surface area (Å²) in [7, 11) is 0. The zero-order valence-corrected chi connectivity index (χ0v) is 14.3. The van der Waals surface area contributed by atoms with E-state index in [1.165, 1.54) is 29.5 Å². The molecule has 0 radical (unpaired) electrons. The van der Waals surface area contributed by atoms with E-state index in [-0.39, 0.29) is 5.56 Å². The summed E-state index contributed by atoms with van der Waals surface area (Å²) in [5, 5.41) is 0. The normalized spacial score (nSPS) is 11.9. The molecule has 2 aromatic carbocycles. The van der Waals surface area contributed by atoms with E-state index in [4.69, 9.17) is 9.47 Å². The Morgan fingerprint density at radius 1 is 1.12 bits per heavy atom. The third-order valence-electron chi connectivity index (χ3n) is 4.01. The first-order valence-corrected chi connectivity index (χ1v) is 8.74. The average Bonchev–Trinajstić information content (AvgIpc) is 3.11. The predicted octanol–water partition coefficient (Wildman–Crippen LogP) is 4.49. The topological polar surface area (TPSA) is 52.6 Å². The molecule has 0 saturated carbocycles. The number of hydrogen-bond donors (Lipinski definition) is 0. The second kappa shape index (κ2) is 6.72. The Morgan fingerprint density at radius 2 is 1.96 bits per heavy atom. The molecule has 1 aromatic heterocycles. The molecule has 0 fully saturated rings. The maximum absolute atomic E-state index is 13.2. The molecule has 26 heavy (non-hydrogen) atoms. The summed E-state index contributed by atoms with van der Waals surface area (Å²) in [5.41, 5.74) is 2.02. The highest BCUT2D eigenvalue weighted by Crippen LogP contribution is 2.42. The number of fused-ring (bicyclic) bond motifs is 3. The summed E-state index contributed by atoms with van der Waals surface area (Å²) < 4.78 is 24.0. The van der Waals surface area contributed by atoms with Crippen LogP contribution in [0.15, 0.2) is 54.6 Å². The molecule has 4 rings (SSSR count). The maximum atomic E-state index is 13.2. The molecule has 0 bridgehead atoms. The van der Waals surface area contributed by atoms with E-state index in [0.717, 1.165) is 27.8 Å². The lowest BCUT2D eigenvalue weighted by molar-refractivity contribution is 0.0479. The van der Waals surface area contributed by atoms with Crippen LogP contribution >= 0.6 is 11.3 Å². The first-order valence-electron chi connectivity index (χ1n) is 7.92. The van der Waals surface area contributed by atoms with Crippen molar-refractivity contribution in [3.8, 4) is 16.2 Å². The summed E-state index contributed by atoms with van der Waals surface area (Å²) in [6.07, 6.45) is 0. The van der Waals surface area contributed by atoms with Gasteiger partial charge < -0.3 is 9.47 Å². The van der Waals surface area contributed by atoms with Crippen molar-refractivity contribution in [1.82, 2.24) is 0 Å². The number of para-hydroxylation sites is 1. The lowest BCUT2D eigenvalue weighted by atomic mass is 10.1. The second-order valence-corrected chi connectivity index (χ2v) is 6.81. The Labute approximate surface area is 152 Å². The van der Waals surface area contributed by atoms with E-state index in [2.05, 4.69) is 0 Å². The van der Waals surface area contributed by atoms with Crippen molar-refractivity contribution < 1.29 is 23.5 Å². The number of carbonyl (C=O) groups excluding carboxylic acids is 2. The highest BCUT2D eigenvalue weighted by Gasteiger charge is 2.23. The average molecular weight is 368 g/mol. The monoisotopic (exact) mass is 368 g/mol. The van der Waals surface area contributed by atoms with Gasteiger partial charge in [-0.15, -0.1) is 11.3 Å². The fourth-order valence-corrected chi connectivity index (χ4v) is 3.84. The molecule has 0 spiro atoms. The van der Waals surface area contributed by atoms with E-state index in [9.17, 15) is 14.0 Å². The van der Waals surface area contributed by atoms with Crippen LogP contribution in [0.1, 0.15) is 25.6 Å². The lowest BCUT2D eigenvalue weighted by Crippen LogP contribution is -2.13. The number of esters is 1. The number of rotatable bonds is 4. The molecular weight excluding hydrogens is 355 g/mol. The van der Waals surface area contributed by atoms with Gasteiger partial charge in [-0.05, 0) is 30.3 Å². The molecule has 0 saturated heterocycles. The largest absolute Gasteiger partial charge is 0.488 e. The first-order chi connectivity index (χ1) is 12.6. The van der Waals surface area contributed by atoms with Crippen LogP contribution in [0, 0.1) is 5.82 Å². The van der Waals surface area contributed by atoms with Crippen molar-refractivity contribution in [2.24, 2.45) is 0 Å². The molecule has 4 nitrogen and oxygen atoms in total. The van der Waals surface area contributed by atoms with Gasteiger partial charge >= 0.3 is 5.97 Å². The van der Waals surface area contributed by atoms with Gasteiger partial charge in [0.05, 0.1) is 0 Å². The molecule has 6 heteroatoms. The second-order valence-electron chi connectivity index (χ2n) is 5.76. The van der Waals surface area contributed by atoms with Crippen LogP contribution in [-0.4, -0.2) is 18.4 Å². The van der Waals surface area contributed by atoms with Crippen LogP contribution in [0.25, 0.3) is 10.4 Å². The lowest BCUT2D eigenvalue weighted by Gasteiger charge is -2.16. The molecule has 1 aliphatic rings. The van der Waals surface area contributed by atoms with E-state index >= 15 is 0 Å². The van der Waals surface area contributed by atoms with Gasteiger partial charge in [-0.1, -0.05) is 24.3 Å². The quantitative estimate of drug-likeness (QED) is 0.503. The Balaban J connectivity index is 1.49. The minimum absolute atomic E-state index is 0.172. The van der Waals surface area contributed by atoms with E-state index in [1.54, 1.807) is 6.07 Å². The third kappa shape index (κ3) is 3.11. The summed E-state index contributed by atoms with van der Waals surface area (Å²) in [4.78, 5) is 25.7. The summed E-state index contributed by atoms with van der Waals surface area (Å²) >= 11 is 1.31. The van der Waals surface area contributed by atoms with Crippen molar-refractivity contribution >= 4 is 23.1 Å². The predicted molar refractivity (Wildman–Crippen MR) is 95.1 cm³/mol. The molecule has 0 aliphatic carbocycles. The molecular formula is C20H13FO4S. The number of thiophene rings is 1. The standard InChI is InChI=1S/C20H13FO4S/c21-14-5-3-4-12(8-14)16(22)11-25-20(23)18-9-13-10-24-17-7-2-1-6-15(17)19(13)26-18/h1-9H,10-11H2. The maximum Gasteiger partial charge on any atom is 0.348 e. The fourth-order valence-electron chi connectivity index (χ4n) is 2.75. The molecule has 0 atom stereocenters. The van der Waals surface area contributed by atoms with Crippen molar-refractivity contribution in [2.45, 2.75) is 6.61 Å². The highest BCUT2D eigenvalue weighted by atomic mass is 32.1. The van der Waals surface area contributed by atoms with Gasteiger partial charge in [0.15, 0.2) is 12.4 Å². The van der Waals surface area contributed by atoms with E-state index in [1.807, 2.05) is 24.3 Å². The number of hydrogen-bond acceptors (Lipinski definition) is 5. The number of ether oxygens (including phenoxy) is 2. The Morgan fingerprint density at radius 3 is 2.81 bits per heavy atom. The minimum Gasteiger partial charge on any atom is -0.488 e. The summed E-state index contributed by atoms with van der Waals surface area (Å²) in [6.45, 7) is -0.0453. The zero-order valence-electron chi connectivity index (χ0n) is 13.5. The van der Waals surface area contributed by atoms with Crippen LogP contribution in [0.2, 0.25) is 0 Å². The SMILES string of the molecule is O=C(COC(=O)c1cc2c(s1)-c1ccccc1OC2)c1cccc(F)c1. The van der Waals surface area contributed by atoms with Gasteiger partial charge in [0.25, 0.3) is 0 Å². The van der Waals surface area contributed by atoms with Gasteiger partial charge in [-0.3, -0.25) is 4.79 Å². The number of Topliss-reactive ketones (excluding diaryl/α,β-unsaturated/α-hetero) is 1. The van der Waals surface area contributed by atoms with Gasteiger partial charge in [0, 0.05) is 21.6 Å². The summed E-state index contributed by atoms with van der Waals surface area (Å²) in [6, 6.07) is 14.6. The van der Waals surface area contributed by atoms with Crippen LogP contribution in [-0.2, 0) is 11.3 Å². The van der Waals surface area contributed by atoms with Crippen molar-refractivity contribution in [3.63, 3.8) is 0 Å². The van der Waals surface area contributed by atoms with Crippen molar-refractivity contribution in [3.05, 3.63) is 76.4 Å². The van der Waals surface area contributed by atoms with Crippen molar-refractivity contribution in [1.29, 1.82) is 0 Å².